The molecule has 5 nitrogen and oxygen atoms in total. The zero-order chi connectivity index (χ0) is 21.5. The van der Waals surface area contributed by atoms with Crippen LogP contribution in [0.2, 0.25) is 5.02 Å². The summed E-state index contributed by atoms with van der Waals surface area (Å²) in [5.74, 6) is -2.92. The first-order valence-electron chi connectivity index (χ1n) is 9.88. The lowest BCUT2D eigenvalue weighted by Crippen LogP contribution is -2.51. The first-order valence-corrected chi connectivity index (χ1v) is 11.7. The molecule has 0 N–H and O–H groups in total. The van der Waals surface area contributed by atoms with Crippen LogP contribution in [0, 0.1) is 0 Å². The summed E-state index contributed by atoms with van der Waals surface area (Å²) < 4.78 is 56.3. The minimum Gasteiger partial charge on any atom is -0.222 e. The van der Waals surface area contributed by atoms with Crippen LogP contribution in [-0.4, -0.2) is 54.8 Å². The van der Waals surface area contributed by atoms with E-state index in [1.165, 1.54) is 8.72 Å². The molecule has 0 spiro atoms. The number of hydrazine groups is 1. The van der Waals surface area contributed by atoms with Crippen molar-refractivity contribution in [3.8, 4) is 0 Å². The number of rotatable bonds is 4. The van der Waals surface area contributed by atoms with Gasteiger partial charge in [-0.2, -0.15) is 12.7 Å². The van der Waals surface area contributed by atoms with E-state index in [2.05, 4.69) is 0 Å². The second-order valence-corrected chi connectivity index (χ2v) is 10.1. The molecular formula is C21H24ClF2N3O2S. The van der Waals surface area contributed by atoms with Crippen molar-refractivity contribution >= 4 is 21.8 Å². The predicted octanol–water partition coefficient (Wildman–Crippen LogP) is 4.30. The molecule has 0 saturated carbocycles. The third-order valence-electron chi connectivity index (χ3n) is 5.97. The first kappa shape index (κ1) is 21.6. The molecule has 2 aliphatic heterocycles. The van der Waals surface area contributed by atoms with E-state index < -0.39 is 29.0 Å². The Labute approximate surface area is 181 Å². The zero-order valence-corrected chi connectivity index (χ0v) is 18.2. The van der Waals surface area contributed by atoms with Gasteiger partial charge in [0.15, 0.2) is 0 Å². The molecule has 0 amide bonds. The standard InChI is InChI=1S/C21H24ClF2N3O2S/c1-25-20(17-7-9-18(22)10-8-17)19(16-5-3-2-4-6-16)15-27(25)30(28,29)26-13-11-21(23,24)12-14-26/h2-10,19-20H,11-15H2,1H3. The molecule has 4 rings (SSSR count). The van der Waals surface area contributed by atoms with Crippen molar-refractivity contribution in [3.63, 3.8) is 0 Å². The number of hydrogen-bond acceptors (Lipinski definition) is 3. The Balaban J connectivity index is 1.67. The van der Waals surface area contributed by atoms with Gasteiger partial charge in [-0.15, -0.1) is 4.41 Å². The molecule has 9 heteroatoms. The molecule has 0 bridgehead atoms. The number of hydrogen-bond donors (Lipinski definition) is 0. The minimum absolute atomic E-state index is 0.113. The first-order chi connectivity index (χ1) is 14.2. The van der Waals surface area contributed by atoms with E-state index in [0.717, 1.165) is 11.1 Å². The van der Waals surface area contributed by atoms with Gasteiger partial charge in [-0.1, -0.05) is 54.1 Å². The Bertz CT molecular complexity index is 979. The fourth-order valence-corrected chi connectivity index (χ4v) is 6.14. The number of nitrogens with zero attached hydrogens (tertiary/aromatic N) is 3. The Morgan fingerprint density at radius 2 is 1.57 bits per heavy atom. The number of benzene rings is 2. The molecule has 2 heterocycles. The Morgan fingerprint density at radius 3 is 2.17 bits per heavy atom. The van der Waals surface area contributed by atoms with Gasteiger partial charge in [0.25, 0.3) is 16.1 Å². The summed E-state index contributed by atoms with van der Waals surface area (Å²) in [5, 5.41) is 2.32. The molecule has 2 fully saturated rings. The van der Waals surface area contributed by atoms with Crippen LogP contribution < -0.4 is 0 Å². The third kappa shape index (κ3) is 4.11. The maximum absolute atomic E-state index is 13.6. The molecular weight excluding hydrogens is 432 g/mol. The fraction of sp³-hybridized carbons (Fsp3) is 0.429. The normalized spacial score (nSPS) is 26.1. The lowest BCUT2D eigenvalue weighted by Gasteiger charge is -2.36. The van der Waals surface area contributed by atoms with E-state index in [1.54, 1.807) is 24.2 Å². The molecule has 2 atom stereocenters. The lowest BCUT2D eigenvalue weighted by molar-refractivity contribution is -0.0431. The van der Waals surface area contributed by atoms with E-state index >= 15 is 0 Å². The number of halogens is 3. The summed E-state index contributed by atoms with van der Waals surface area (Å²) in [6, 6.07) is 16.9. The Kier molecular flexibility index (Phi) is 5.89. The summed E-state index contributed by atoms with van der Waals surface area (Å²) in [7, 11) is -2.18. The van der Waals surface area contributed by atoms with E-state index in [-0.39, 0.29) is 31.6 Å². The summed E-state index contributed by atoms with van der Waals surface area (Å²) >= 11 is 6.05. The third-order valence-corrected chi connectivity index (χ3v) is 8.18. The highest BCUT2D eigenvalue weighted by atomic mass is 35.5. The van der Waals surface area contributed by atoms with Gasteiger partial charge in [0.05, 0.1) is 6.04 Å². The SMILES string of the molecule is CN1C(c2ccc(Cl)cc2)C(c2ccccc2)CN1S(=O)(=O)N1CCC(F)(F)CC1. The summed E-state index contributed by atoms with van der Waals surface area (Å²) in [4.78, 5) is 0. The zero-order valence-electron chi connectivity index (χ0n) is 16.6. The van der Waals surface area contributed by atoms with Gasteiger partial charge in [0.2, 0.25) is 0 Å². The second-order valence-electron chi connectivity index (χ2n) is 7.85. The number of piperidine rings is 1. The topological polar surface area (TPSA) is 43.9 Å². The fourth-order valence-electron chi connectivity index (χ4n) is 4.33. The smallest absolute Gasteiger partial charge is 0.222 e. The van der Waals surface area contributed by atoms with E-state index in [0.29, 0.717) is 5.02 Å². The van der Waals surface area contributed by atoms with Crippen LogP contribution in [0.1, 0.15) is 35.9 Å². The maximum Gasteiger partial charge on any atom is 0.295 e. The van der Waals surface area contributed by atoms with Gasteiger partial charge in [0, 0.05) is 50.5 Å². The highest BCUT2D eigenvalue weighted by molar-refractivity contribution is 7.86. The van der Waals surface area contributed by atoms with Crippen molar-refractivity contribution in [2.24, 2.45) is 0 Å². The average molecular weight is 456 g/mol. The van der Waals surface area contributed by atoms with E-state index in [4.69, 9.17) is 11.6 Å². The van der Waals surface area contributed by atoms with Gasteiger partial charge in [-0.25, -0.2) is 13.8 Å². The van der Waals surface area contributed by atoms with Gasteiger partial charge in [-0.3, -0.25) is 0 Å². The summed E-state index contributed by atoms with van der Waals surface area (Å²) in [6.07, 6.45) is -0.904. The van der Waals surface area contributed by atoms with Gasteiger partial charge < -0.3 is 0 Å². The number of alkyl halides is 2. The molecule has 0 aromatic heterocycles. The Hall–Kier alpha value is -1.58. The van der Waals surface area contributed by atoms with Crippen molar-refractivity contribution in [3.05, 3.63) is 70.7 Å². The molecule has 2 aromatic rings. The van der Waals surface area contributed by atoms with Crippen LogP contribution in [0.5, 0.6) is 0 Å². The van der Waals surface area contributed by atoms with Crippen LogP contribution in [0.15, 0.2) is 54.6 Å². The summed E-state index contributed by atoms with van der Waals surface area (Å²) in [6.45, 7) is -0.119. The Morgan fingerprint density at radius 1 is 0.967 bits per heavy atom. The number of likely N-dealkylation sites (N-methyl/N-ethyl adjacent to an activating group) is 1. The molecule has 0 radical (unpaired) electrons. The second kappa shape index (κ2) is 8.16. The van der Waals surface area contributed by atoms with Crippen LogP contribution >= 0.6 is 11.6 Å². The molecule has 2 saturated heterocycles. The van der Waals surface area contributed by atoms with Crippen LogP contribution in [0.4, 0.5) is 8.78 Å². The van der Waals surface area contributed by atoms with Crippen molar-refractivity contribution < 1.29 is 17.2 Å². The average Bonchev–Trinajstić information content (AvgIpc) is 3.07. The molecule has 0 aliphatic carbocycles. The highest BCUT2D eigenvalue weighted by Crippen LogP contribution is 2.44. The van der Waals surface area contributed by atoms with E-state index in [1.807, 2.05) is 42.5 Å². The minimum atomic E-state index is -3.92. The van der Waals surface area contributed by atoms with Crippen molar-refractivity contribution in [1.82, 2.24) is 13.7 Å². The highest BCUT2D eigenvalue weighted by Gasteiger charge is 2.48. The molecule has 30 heavy (non-hydrogen) atoms. The molecule has 2 aliphatic rings. The quantitative estimate of drug-likeness (QED) is 0.690. The molecule has 162 valence electrons. The molecule has 2 aromatic carbocycles. The largest absolute Gasteiger partial charge is 0.295 e. The monoisotopic (exact) mass is 455 g/mol. The van der Waals surface area contributed by atoms with Crippen molar-refractivity contribution in [2.45, 2.75) is 30.7 Å². The lowest BCUT2D eigenvalue weighted by atomic mass is 9.88. The van der Waals surface area contributed by atoms with Crippen molar-refractivity contribution in [1.29, 1.82) is 0 Å². The van der Waals surface area contributed by atoms with Crippen LogP contribution in [-0.2, 0) is 10.2 Å². The van der Waals surface area contributed by atoms with Crippen LogP contribution in [0.25, 0.3) is 0 Å². The van der Waals surface area contributed by atoms with Gasteiger partial charge >= 0.3 is 0 Å². The maximum atomic E-state index is 13.6. The van der Waals surface area contributed by atoms with Crippen molar-refractivity contribution in [2.75, 3.05) is 26.7 Å². The molecule has 2 unspecified atom stereocenters. The van der Waals surface area contributed by atoms with Gasteiger partial charge in [-0.05, 0) is 23.3 Å². The summed E-state index contributed by atoms with van der Waals surface area (Å²) in [5.41, 5.74) is 1.96. The van der Waals surface area contributed by atoms with E-state index in [9.17, 15) is 17.2 Å². The van der Waals surface area contributed by atoms with Crippen LogP contribution in [0.3, 0.4) is 0 Å². The predicted molar refractivity (Wildman–Crippen MR) is 113 cm³/mol. The van der Waals surface area contributed by atoms with Gasteiger partial charge in [0.1, 0.15) is 0 Å².